The summed E-state index contributed by atoms with van der Waals surface area (Å²) < 4.78 is 4.85. The number of hydrogen-bond acceptors (Lipinski definition) is 5. The molecule has 0 saturated carbocycles. The summed E-state index contributed by atoms with van der Waals surface area (Å²) in [7, 11) is 1.37. The van der Waals surface area contributed by atoms with Crippen molar-refractivity contribution >= 4 is 28.2 Å². The smallest absolute Gasteiger partial charge is 0.341 e. The fraction of sp³-hybridized carbons (Fsp3) is 0.600. The Morgan fingerprint density at radius 1 is 1.43 bits per heavy atom. The zero-order chi connectivity index (χ0) is 15.4. The highest BCUT2D eigenvalue weighted by atomic mass is 32.1. The van der Waals surface area contributed by atoms with Gasteiger partial charge in [-0.2, -0.15) is 0 Å². The number of thiophene rings is 1. The van der Waals surface area contributed by atoms with Gasteiger partial charge in [0, 0.05) is 17.3 Å². The maximum atomic E-state index is 12.1. The highest BCUT2D eigenvalue weighted by Crippen LogP contribution is 2.39. The van der Waals surface area contributed by atoms with Gasteiger partial charge >= 0.3 is 5.97 Å². The standard InChI is InChI=1S/C15H22N2O3S/c1-3-5-9(16)8-12(18)17-14-13(15(19)20-2)10-6-4-7-11(10)21-14/h9H,3-8,16H2,1-2H3,(H,17,18). The van der Waals surface area contributed by atoms with Crippen molar-refractivity contribution in [2.45, 2.75) is 51.5 Å². The quantitative estimate of drug-likeness (QED) is 0.791. The maximum Gasteiger partial charge on any atom is 0.341 e. The van der Waals surface area contributed by atoms with E-state index in [2.05, 4.69) is 5.32 Å². The van der Waals surface area contributed by atoms with Crippen molar-refractivity contribution in [3.05, 3.63) is 16.0 Å². The monoisotopic (exact) mass is 310 g/mol. The Labute approximate surface area is 128 Å². The van der Waals surface area contributed by atoms with Crippen molar-refractivity contribution in [2.24, 2.45) is 5.73 Å². The molecule has 0 fully saturated rings. The number of fused-ring (bicyclic) bond motifs is 1. The number of nitrogens with two attached hydrogens (primary N) is 1. The number of hydrogen-bond donors (Lipinski definition) is 2. The molecule has 0 radical (unpaired) electrons. The molecule has 5 nitrogen and oxygen atoms in total. The van der Waals surface area contributed by atoms with E-state index in [1.165, 1.54) is 23.3 Å². The van der Waals surface area contributed by atoms with Crippen LogP contribution in [0.25, 0.3) is 0 Å². The molecule has 1 aliphatic carbocycles. The van der Waals surface area contributed by atoms with Crippen LogP contribution in [0.3, 0.4) is 0 Å². The molecule has 1 unspecified atom stereocenters. The molecular weight excluding hydrogens is 288 g/mol. The van der Waals surface area contributed by atoms with Gasteiger partial charge in [-0.25, -0.2) is 4.79 Å². The van der Waals surface area contributed by atoms with E-state index >= 15 is 0 Å². The lowest BCUT2D eigenvalue weighted by Crippen LogP contribution is -2.27. The first kappa shape index (κ1) is 16.0. The van der Waals surface area contributed by atoms with Gasteiger partial charge in [-0.1, -0.05) is 13.3 Å². The highest BCUT2D eigenvalue weighted by molar-refractivity contribution is 7.17. The third-order valence-electron chi connectivity index (χ3n) is 3.67. The first-order chi connectivity index (χ1) is 10.1. The first-order valence-electron chi connectivity index (χ1n) is 7.35. The maximum absolute atomic E-state index is 12.1. The molecule has 3 N–H and O–H groups in total. The van der Waals surface area contributed by atoms with Crippen LogP contribution >= 0.6 is 11.3 Å². The van der Waals surface area contributed by atoms with Crippen LogP contribution < -0.4 is 11.1 Å². The van der Waals surface area contributed by atoms with Gasteiger partial charge in [0.2, 0.25) is 5.91 Å². The molecule has 2 rings (SSSR count). The predicted octanol–water partition coefficient (Wildman–Crippen LogP) is 2.48. The van der Waals surface area contributed by atoms with Gasteiger partial charge in [-0.05, 0) is 31.2 Å². The van der Waals surface area contributed by atoms with Gasteiger partial charge in [0.15, 0.2) is 0 Å². The van der Waals surface area contributed by atoms with E-state index < -0.39 is 0 Å². The fourth-order valence-corrected chi connectivity index (χ4v) is 3.99. The van der Waals surface area contributed by atoms with Gasteiger partial charge in [0.05, 0.1) is 12.7 Å². The molecule has 21 heavy (non-hydrogen) atoms. The Bertz CT molecular complexity index is 539. The summed E-state index contributed by atoms with van der Waals surface area (Å²) in [6.45, 7) is 2.04. The number of amides is 1. The average Bonchev–Trinajstić information content (AvgIpc) is 2.98. The molecule has 0 bridgehead atoms. The highest BCUT2D eigenvalue weighted by Gasteiger charge is 2.28. The first-order valence-corrected chi connectivity index (χ1v) is 8.16. The van der Waals surface area contributed by atoms with Crippen LogP contribution in [0.15, 0.2) is 0 Å². The Morgan fingerprint density at radius 2 is 2.19 bits per heavy atom. The molecule has 1 aromatic heterocycles. The number of esters is 1. The van der Waals surface area contributed by atoms with Gasteiger partial charge in [-0.3, -0.25) is 4.79 Å². The average molecular weight is 310 g/mol. The van der Waals surface area contributed by atoms with Crippen molar-refractivity contribution in [3.63, 3.8) is 0 Å². The molecule has 1 aliphatic rings. The van der Waals surface area contributed by atoms with Crippen LogP contribution in [-0.2, 0) is 22.4 Å². The number of carbonyl (C=O) groups is 2. The number of aryl methyl sites for hydroxylation is 1. The lowest BCUT2D eigenvalue weighted by Gasteiger charge is -2.11. The summed E-state index contributed by atoms with van der Waals surface area (Å²) in [5, 5.41) is 3.45. The van der Waals surface area contributed by atoms with E-state index in [1.807, 2.05) is 6.92 Å². The molecule has 0 spiro atoms. The SMILES string of the molecule is CCCC(N)CC(=O)Nc1sc2c(c1C(=O)OC)CCC2. The molecule has 0 saturated heterocycles. The number of anilines is 1. The molecule has 1 atom stereocenters. The third-order valence-corrected chi connectivity index (χ3v) is 4.88. The topological polar surface area (TPSA) is 81.4 Å². The molecule has 1 heterocycles. The van der Waals surface area contributed by atoms with E-state index in [4.69, 9.17) is 10.5 Å². The molecule has 1 aromatic rings. The minimum atomic E-state index is -0.373. The number of nitrogens with one attached hydrogen (secondary N) is 1. The van der Waals surface area contributed by atoms with Crippen molar-refractivity contribution in [1.82, 2.24) is 0 Å². The Balaban J connectivity index is 2.13. The summed E-state index contributed by atoms with van der Waals surface area (Å²) in [5.74, 6) is -0.511. The largest absolute Gasteiger partial charge is 0.465 e. The summed E-state index contributed by atoms with van der Waals surface area (Å²) in [5.41, 5.74) is 7.46. The lowest BCUT2D eigenvalue weighted by molar-refractivity contribution is -0.116. The summed E-state index contributed by atoms with van der Waals surface area (Å²) in [4.78, 5) is 25.2. The minimum Gasteiger partial charge on any atom is -0.465 e. The summed E-state index contributed by atoms with van der Waals surface area (Å²) in [6.07, 6.45) is 4.95. The van der Waals surface area contributed by atoms with E-state index in [0.29, 0.717) is 10.6 Å². The molecule has 1 amide bonds. The van der Waals surface area contributed by atoms with Crippen molar-refractivity contribution < 1.29 is 14.3 Å². The summed E-state index contributed by atoms with van der Waals surface area (Å²) in [6, 6.07) is -0.136. The van der Waals surface area contributed by atoms with Gasteiger partial charge in [0.25, 0.3) is 0 Å². The van der Waals surface area contributed by atoms with Crippen molar-refractivity contribution in [2.75, 3.05) is 12.4 Å². The zero-order valence-electron chi connectivity index (χ0n) is 12.5. The van der Waals surface area contributed by atoms with Gasteiger partial charge < -0.3 is 15.8 Å². The molecule has 0 aromatic carbocycles. The Morgan fingerprint density at radius 3 is 2.86 bits per heavy atom. The lowest BCUT2D eigenvalue weighted by atomic mass is 10.1. The minimum absolute atomic E-state index is 0.136. The number of rotatable bonds is 6. The van der Waals surface area contributed by atoms with E-state index in [-0.39, 0.29) is 24.3 Å². The molecular formula is C15H22N2O3S. The van der Waals surface area contributed by atoms with E-state index in [0.717, 1.165) is 37.7 Å². The van der Waals surface area contributed by atoms with Crippen molar-refractivity contribution in [1.29, 1.82) is 0 Å². The second kappa shape index (κ2) is 7.04. The normalized spacial score (nSPS) is 14.6. The number of methoxy groups -OCH3 is 1. The van der Waals surface area contributed by atoms with E-state index in [9.17, 15) is 9.59 Å². The summed E-state index contributed by atoms with van der Waals surface area (Å²) >= 11 is 1.49. The Hall–Kier alpha value is -1.40. The second-order valence-corrected chi connectivity index (χ2v) is 6.46. The predicted molar refractivity (Wildman–Crippen MR) is 83.8 cm³/mol. The molecule has 0 aliphatic heterocycles. The second-order valence-electron chi connectivity index (χ2n) is 5.35. The van der Waals surface area contributed by atoms with Crippen LogP contribution in [0, 0.1) is 0 Å². The van der Waals surface area contributed by atoms with Crippen LogP contribution in [0.5, 0.6) is 0 Å². The molecule has 116 valence electrons. The fourth-order valence-electron chi connectivity index (χ4n) is 2.70. The molecule has 6 heteroatoms. The third kappa shape index (κ3) is 3.63. The number of ether oxygens (including phenoxy) is 1. The van der Waals surface area contributed by atoms with Gasteiger partial charge in [0.1, 0.15) is 5.00 Å². The van der Waals surface area contributed by atoms with Crippen LogP contribution in [0.4, 0.5) is 5.00 Å². The zero-order valence-corrected chi connectivity index (χ0v) is 13.3. The van der Waals surface area contributed by atoms with Gasteiger partial charge in [-0.15, -0.1) is 11.3 Å². The van der Waals surface area contributed by atoms with E-state index in [1.54, 1.807) is 0 Å². The van der Waals surface area contributed by atoms with Crippen LogP contribution in [0.1, 0.15) is 53.4 Å². The Kier molecular flexibility index (Phi) is 5.36. The van der Waals surface area contributed by atoms with Crippen LogP contribution in [0.2, 0.25) is 0 Å². The number of carbonyl (C=O) groups excluding carboxylic acids is 2. The van der Waals surface area contributed by atoms with Crippen molar-refractivity contribution in [3.8, 4) is 0 Å². The van der Waals surface area contributed by atoms with Crippen LogP contribution in [-0.4, -0.2) is 25.0 Å².